The SMILES string of the molecule is O=CN1CCC(COc2ncc(CCc3cccc(CO)c3F)cn2)CC1. The van der Waals surface area contributed by atoms with E-state index < -0.39 is 0 Å². The molecule has 1 aromatic carbocycles. The Hall–Kier alpha value is -2.54. The van der Waals surface area contributed by atoms with Crippen LogP contribution in [-0.2, 0) is 24.2 Å². The van der Waals surface area contributed by atoms with Gasteiger partial charge in [-0.1, -0.05) is 18.2 Å². The van der Waals surface area contributed by atoms with Crippen LogP contribution in [0.4, 0.5) is 4.39 Å². The first-order valence-corrected chi connectivity index (χ1v) is 9.19. The maximum Gasteiger partial charge on any atom is 0.316 e. The van der Waals surface area contributed by atoms with Crippen LogP contribution in [0, 0.1) is 11.7 Å². The molecule has 0 bridgehead atoms. The molecule has 1 fully saturated rings. The predicted molar refractivity (Wildman–Crippen MR) is 97.6 cm³/mol. The highest BCUT2D eigenvalue weighted by Crippen LogP contribution is 2.18. The molecule has 0 spiro atoms. The molecule has 2 aromatic rings. The monoisotopic (exact) mass is 373 g/mol. The number of piperidine rings is 1. The first kappa shape index (κ1) is 19.2. The van der Waals surface area contributed by atoms with E-state index in [9.17, 15) is 9.18 Å². The van der Waals surface area contributed by atoms with E-state index in [-0.39, 0.29) is 12.4 Å². The molecule has 1 aliphatic heterocycles. The number of amides is 1. The number of hydrogen-bond donors (Lipinski definition) is 1. The Morgan fingerprint density at radius 1 is 1.19 bits per heavy atom. The fraction of sp³-hybridized carbons (Fsp3) is 0.450. The summed E-state index contributed by atoms with van der Waals surface area (Å²) in [6.07, 6.45) is 7.26. The number of rotatable bonds is 8. The van der Waals surface area contributed by atoms with Gasteiger partial charge in [0.15, 0.2) is 0 Å². The number of aliphatic hydroxyl groups excluding tert-OH is 1. The minimum absolute atomic E-state index is 0.303. The number of aryl methyl sites for hydroxylation is 2. The number of hydrogen-bond acceptors (Lipinski definition) is 5. The Bertz CT molecular complexity index is 747. The molecular formula is C20H24FN3O3. The lowest BCUT2D eigenvalue weighted by molar-refractivity contribution is -0.119. The summed E-state index contributed by atoms with van der Waals surface area (Å²) in [5, 5.41) is 9.14. The highest BCUT2D eigenvalue weighted by atomic mass is 19.1. The number of benzene rings is 1. The Balaban J connectivity index is 1.47. The van der Waals surface area contributed by atoms with Crippen LogP contribution < -0.4 is 4.74 Å². The van der Waals surface area contributed by atoms with Crippen molar-refractivity contribution in [3.63, 3.8) is 0 Å². The Morgan fingerprint density at radius 2 is 1.89 bits per heavy atom. The average Bonchev–Trinajstić information content (AvgIpc) is 2.72. The van der Waals surface area contributed by atoms with Crippen LogP contribution >= 0.6 is 0 Å². The number of aliphatic hydroxyl groups is 1. The lowest BCUT2D eigenvalue weighted by atomic mass is 9.98. The topological polar surface area (TPSA) is 75.6 Å². The van der Waals surface area contributed by atoms with Gasteiger partial charge in [0.2, 0.25) is 6.41 Å². The van der Waals surface area contributed by atoms with E-state index in [1.165, 1.54) is 0 Å². The highest BCUT2D eigenvalue weighted by Gasteiger charge is 2.18. The lowest BCUT2D eigenvalue weighted by Crippen LogP contribution is -2.34. The molecule has 6 nitrogen and oxygen atoms in total. The molecule has 27 heavy (non-hydrogen) atoms. The van der Waals surface area contributed by atoms with Gasteiger partial charge in [0.05, 0.1) is 13.2 Å². The molecule has 3 rings (SSSR count). The quantitative estimate of drug-likeness (QED) is 0.718. The summed E-state index contributed by atoms with van der Waals surface area (Å²) in [7, 11) is 0. The van der Waals surface area contributed by atoms with Gasteiger partial charge in [-0.3, -0.25) is 4.79 Å². The maximum absolute atomic E-state index is 14.1. The molecule has 144 valence electrons. The van der Waals surface area contributed by atoms with Gasteiger partial charge in [0.25, 0.3) is 0 Å². The molecule has 7 heteroatoms. The summed E-state index contributed by atoms with van der Waals surface area (Å²) in [6, 6.07) is 5.39. The third-order valence-electron chi connectivity index (χ3n) is 4.94. The van der Waals surface area contributed by atoms with E-state index >= 15 is 0 Å². The van der Waals surface area contributed by atoms with Gasteiger partial charge < -0.3 is 14.7 Å². The average molecular weight is 373 g/mol. The molecule has 1 N–H and O–H groups in total. The standard InChI is InChI=1S/C20H24FN3O3/c21-19-17(2-1-3-18(19)12-25)5-4-16-10-22-20(23-11-16)27-13-15-6-8-24(14-26)9-7-15/h1-3,10-11,14-15,25H,4-9,12-13H2. The molecule has 1 saturated heterocycles. The van der Waals surface area contributed by atoms with Crippen LogP contribution in [-0.4, -0.2) is 46.1 Å². The number of ether oxygens (including phenoxy) is 1. The summed E-state index contributed by atoms with van der Waals surface area (Å²) in [5.41, 5.74) is 1.78. The van der Waals surface area contributed by atoms with E-state index in [4.69, 9.17) is 9.84 Å². The van der Waals surface area contributed by atoms with Crippen LogP contribution in [0.5, 0.6) is 6.01 Å². The van der Waals surface area contributed by atoms with Gasteiger partial charge in [0, 0.05) is 31.0 Å². The maximum atomic E-state index is 14.1. The van der Waals surface area contributed by atoms with Gasteiger partial charge in [-0.05, 0) is 42.7 Å². The number of nitrogens with zero attached hydrogens (tertiary/aromatic N) is 3. The third-order valence-corrected chi connectivity index (χ3v) is 4.94. The lowest BCUT2D eigenvalue weighted by Gasteiger charge is -2.28. The molecular weight excluding hydrogens is 349 g/mol. The molecule has 0 saturated carbocycles. The van der Waals surface area contributed by atoms with Gasteiger partial charge >= 0.3 is 6.01 Å². The number of carbonyl (C=O) groups is 1. The minimum Gasteiger partial charge on any atom is -0.463 e. The van der Waals surface area contributed by atoms with Gasteiger partial charge in [-0.2, -0.15) is 0 Å². The van der Waals surface area contributed by atoms with Crippen LogP contribution in [0.3, 0.4) is 0 Å². The van der Waals surface area contributed by atoms with Gasteiger partial charge in [0.1, 0.15) is 5.82 Å². The number of likely N-dealkylation sites (tertiary alicyclic amines) is 1. The largest absolute Gasteiger partial charge is 0.463 e. The van der Waals surface area contributed by atoms with Crippen molar-refractivity contribution in [3.8, 4) is 6.01 Å². The number of aromatic nitrogens is 2. The van der Waals surface area contributed by atoms with Crippen molar-refractivity contribution in [2.24, 2.45) is 5.92 Å². The molecule has 0 aliphatic carbocycles. The van der Waals surface area contributed by atoms with Gasteiger partial charge in [-0.25, -0.2) is 14.4 Å². The van der Waals surface area contributed by atoms with E-state index in [1.807, 2.05) is 0 Å². The summed E-state index contributed by atoms with van der Waals surface area (Å²) in [6.45, 7) is 1.78. The van der Waals surface area contributed by atoms with Crippen molar-refractivity contribution in [1.29, 1.82) is 0 Å². The van der Waals surface area contributed by atoms with Crippen LogP contribution in [0.15, 0.2) is 30.6 Å². The van der Waals surface area contributed by atoms with E-state index in [2.05, 4.69) is 9.97 Å². The smallest absolute Gasteiger partial charge is 0.316 e. The molecule has 1 aromatic heterocycles. The van der Waals surface area contributed by atoms with Crippen molar-refractivity contribution in [1.82, 2.24) is 14.9 Å². The first-order valence-electron chi connectivity index (χ1n) is 9.19. The fourth-order valence-corrected chi connectivity index (χ4v) is 3.19. The van der Waals surface area contributed by atoms with E-state index in [1.54, 1.807) is 35.5 Å². The second-order valence-corrected chi connectivity index (χ2v) is 6.82. The Morgan fingerprint density at radius 3 is 2.56 bits per heavy atom. The molecule has 2 heterocycles. The van der Waals surface area contributed by atoms with E-state index in [0.29, 0.717) is 42.5 Å². The van der Waals surface area contributed by atoms with Crippen LogP contribution in [0.1, 0.15) is 29.5 Å². The number of halogens is 1. The Kier molecular flexibility index (Phi) is 6.70. The van der Waals surface area contributed by atoms with E-state index in [0.717, 1.165) is 37.9 Å². The van der Waals surface area contributed by atoms with Crippen molar-refractivity contribution in [2.75, 3.05) is 19.7 Å². The van der Waals surface area contributed by atoms with Crippen molar-refractivity contribution < 1.29 is 19.0 Å². The van der Waals surface area contributed by atoms with Crippen molar-refractivity contribution in [2.45, 2.75) is 32.3 Å². The third kappa shape index (κ3) is 5.23. The number of carbonyl (C=O) groups excluding carboxylic acids is 1. The zero-order chi connectivity index (χ0) is 19.1. The van der Waals surface area contributed by atoms with Gasteiger partial charge in [-0.15, -0.1) is 0 Å². The first-order chi connectivity index (χ1) is 13.2. The second kappa shape index (κ2) is 9.41. The molecule has 0 unspecified atom stereocenters. The predicted octanol–water partition coefficient (Wildman–Crippen LogP) is 2.14. The second-order valence-electron chi connectivity index (χ2n) is 6.82. The normalized spacial score (nSPS) is 15.0. The molecule has 0 radical (unpaired) electrons. The molecule has 1 amide bonds. The summed E-state index contributed by atoms with van der Waals surface area (Å²) in [4.78, 5) is 21.0. The summed E-state index contributed by atoms with van der Waals surface area (Å²) >= 11 is 0. The zero-order valence-electron chi connectivity index (χ0n) is 15.2. The highest BCUT2D eigenvalue weighted by molar-refractivity contribution is 5.47. The summed E-state index contributed by atoms with van der Waals surface area (Å²) < 4.78 is 19.8. The molecule has 1 aliphatic rings. The fourth-order valence-electron chi connectivity index (χ4n) is 3.19. The Labute approximate surface area is 158 Å². The van der Waals surface area contributed by atoms with Crippen LogP contribution in [0.25, 0.3) is 0 Å². The minimum atomic E-state index is -0.346. The van der Waals surface area contributed by atoms with Crippen LogP contribution in [0.2, 0.25) is 0 Å². The zero-order valence-corrected chi connectivity index (χ0v) is 15.2. The van der Waals surface area contributed by atoms with Crippen molar-refractivity contribution in [3.05, 3.63) is 53.1 Å². The molecule has 0 atom stereocenters. The summed E-state index contributed by atoms with van der Waals surface area (Å²) in [5.74, 6) is 0.0627. The van der Waals surface area contributed by atoms with Crippen molar-refractivity contribution >= 4 is 6.41 Å².